The zero-order valence-electron chi connectivity index (χ0n) is 13.3. The summed E-state index contributed by atoms with van der Waals surface area (Å²) in [4.78, 5) is 21.7. The summed E-state index contributed by atoms with van der Waals surface area (Å²) in [6.45, 7) is 3.50. The second-order valence-corrected chi connectivity index (χ2v) is 4.84. The average Bonchev–Trinajstić information content (AvgIpc) is 2.50. The molecule has 25 heavy (non-hydrogen) atoms. The molecule has 0 bridgehead atoms. The second kappa shape index (κ2) is 7.65. The number of nitrogens with zero attached hydrogens (tertiary/aromatic N) is 4. The number of hydrogen-bond acceptors (Lipinski definition) is 7. The SMILES string of the molecule is CCCN(CC)c1c([N+](=O)[O-])cc(C(F)(F)F)c(NC#N)c1[N+](=O)[O-]. The maximum atomic E-state index is 13.2. The molecule has 0 unspecified atom stereocenters. The quantitative estimate of drug-likeness (QED) is 0.340. The molecule has 0 radical (unpaired) electrons. The van der Waals surface area contributed by atoms with Crippen molar-refractivity contribution in [3.63, 3.8) is 0 Å². The zero-order valence-corrected chi connectivity index (χ0v) is 13.3. The number of nitro benzene ring substituents is 2. The monoisotopic (exact) mass is 361 g/mol. The molecule has 0 aliphatic heterocycles. The van der Waals surface area contributed by atoms with Gasteiger partial charge in [-0.15, -0.1) is 0 Å². The van der Waals surface area contributed by atoms with E-state index in [0.717, 1.165) is 0 Å². The highest BCUT2D eigenvalue weighted by Gasteiger charge is 2.43. The van der Waals surface area contributed by atoms with Crippen LogP contribution in [-0.2, 0) is 6.18 Å². The molecule has 9 nitrogen and oxygen atoms in total. The summed E-state index contributed by atoms with van der Waals surface area (Å²) in [6, 6.07) is 0.209. The Balaban J connectivity index is 4.04. The lowest BCUT2D eigenvalue weighted by atomic mass is 10.1. The topological polar surface area (TPSA) is 125 Å². The summed E-state index contributed by atoms with van der Waals surface area (Å²) >= 11 is 0. The minimum absolute atomic E-state index is 0.0902. The number of nitrogens with one attached hydrogen (secondary N) is 1. The van der Waals surface area contributed by atoms with Crippen molar-refractivity contribution >= 4 is 22.7 Å². The van der Waals surface area contributed by atoms with Crippen molar-refractivity contribution in [2.75, 3.05) is 23.3 Å². The molecular formula is C13H14F3N5O4. The molecule has 0 aliphatic rings. The molecule has 0 atom stereocenters. The first kappa shape index (κ1) is 19.9. The summed E-state index contributed by atoms with van der Waals surface area (Å²) in [6.07, 6.45) is -3.47. The van der Waals surface area contributed by atoms with Crippen molar-refractivity contribution in [1.82, 2.24) is 0 Å². The van der Waals surface area contributed by atoms with Gasteiger partial charge < -0.3 is 4.90 Å². The molecule has 0 fully saturated rings. The minimum atomic E-state index is -5.13. The lowest BCUT2D eigenvalue weighted by molar-refractivity contribution is -0.392. The van der Waals surface area contributed by atoms with Gasteiger partial charge in [-0.2, -0.15) is 18.4 Å². The average molecular weight is 361 g/mol. The van der Waals surface area contributed by atoms with Crippen LogP contribution in [0.5, 0.6) is 0 Å². The van der Waals surface area contributed by atoms with Gasteiger partial charge in [0.2, 0.25) is 0 Å². The maximum Gasteiger partial charge on any atom is 0.418 e. The smallest absolute Gasteiger partial charge is 0.361 e. The van der Waals surface area contributed by atoms with Gasteiger partial charge in [-0.25, -0.2) is 0 Å². The van der Waals surface area contributed by atoms with Gasteiger partial charge in [0, 0.05) is 19.2 Å². The van der Waals surface area contributed by atoms with Crippen LogP contribution in [-0.4, -0.2) is 22.9 Å². The lowest BCUT2D eigenvalue weighted by Gasteiger charge is -2.23. The number of nitro groups is 2. The minimum Gasteiger partial charge on any atom is -0.361 e. The van der Waals surface area contributed by atoms with Crippen LogP contribution in [0.2, 0.25) is 0 Å². The fourth-order valence-corrected chi connectivity index (χ4v) is 2.38. The number of anilines is 2. The molecule has 0 heterocycles. The van der Waals surface area contributed by atoms with Crippen LogP contribution in [0.15, 0.2) is 6.07 Å². The van der Waals surface area contributed by atoms with Crippen molar-refractivity contribution in [2.45, 2.75) is 26.4 Å². The van der Waals surface area contributed by atoms with Crippen molar-refractivity contribution in [3.05, 3.63) is 31.9 Å². The van der Waals surface area contributed by atoms with Crippen LogP contribution in [0.3, 0.4) is 0 Å². The molecule has 1 N–H and O–H groups in total. The van der Waals surface area contributed by atoms with E-state index in [-0.39, 0.29) is 19.2 Å². The van der Waals surface area contributed by atoms with Crippen molar-refractivity contribution < 1.29 is 23.0 Å². The highest BCUT2D eigenvalue weighted by molar-refractivity contribution is 5.88. The van der Waals surface area contributed by atoms with Gasteiger partial charge in [0.05, 0.1) is 15.4 Å². The molecule has 1 aromatic rings. The highest BCUT2D eigenvalue weighted by atomic mass is 19.4. The first-order valence-corrected chi connectivity index (χ1v) is 7.07. The number of alkyl halides is 3. The molecule has 12 heteroatoms. The molecule has 0 saturated heterocycles. The van der Waals surface area contributed by atoms with Crippen LogP contribution in [0.1, 0.15) is 25.8 Å². The van der Waals surface area contributed by atoms with Gasteiger partial charge in [0.15, 0.2) is 11.9 Å². The normalized spacial score (nSPS) is 10.9. The maximum absolute atomic E-state index is 13.2. The van der Waals surface area contributed by atoms with Crippen molar-refractivity contribution in [3.8, 4) is 6.19 Å². The molecular weight excluding hydrogens is 347 g/mol. The standard InChI is InChI=1S/C13H14F3N5O4/c1-3-5-19(4-2)11-9(20(22)23)6-8(13(14,15)16)10(18-7-17)12(11)21(24)25/h6,18H,3-5H2,1-2H3. The summed E-state index contributed by atoms with van der Waals surface area (Å²) in [5, 5.41) is 33.0. The molecule has 0 saturated carbocycles. The predicted octanol–water partition coefficient (Wildman–Crippen LogP) is 3.65. The molecule has 0 spiro atoms. The molecule has 0 aliphatic carbocycles. The van der Waals surface area contributed by atoms with E-state index in [0.29, 0.717) is 6.42 Å². The van der Waals surface area contributed by atoms with Gasteiger partial charge in [0.25, 0.3) is 5.69 Å². The molecule has 1 aromatic carbocycles. The number of rotatable bonds is 7. The fraction of sp³-hybridized carbons (Fsp3) is 0.462. The van der Waals surface area contributed by atoms with Crippen LogP contribution < -0.4 is 10.2 Å². The van der Waals surface area contributed by atoms with Crippen LogP contribution in [0.25, 0.3) is 0 Å². The summed E-state index contributed by atoms with van der Waals surface area (Å²) < 4.78 is 39.6. The van der Waals surface area contributed by atoms with E-state index in [1.54, 1.807) is 19.2 Å². The van der Waals surface area contributed by atoms with Gasteiger partial charge in [-0.3, -0.25) is 25.5 Å². The first-order valence-electron chi connectivity index (χ1n) is 7.07. The third kappa shape index (κ3) is 4.06. The predicted molar refractivity (Wildman–Crippen MR) is 82.2 cm³/mol. The van der Waals surface area contributed by atoms with E-state index in [2.05, 4.69) is 0 Å². The molecule has 1 rings (SSSR count). The zero-order chi connectivity index (χ0) is 19.4. The van der Waals surface area contributed by atoms with Crippen LogP contribution >= 0.6 is 0 Å². The van der Waals surface area contributed by atoms with E-state index in [4.69, 9.17) is 5.26 Å². The highest BCUT2D eigenvalue weighted by Crippen LogP contribution is 2.49. The Bertz CT molecular complexity index is 730. The Morgan fingerprint density at radius 2 is 1.88 bits per heavy atom. The summed E-state index contributed by atoms with van der Waals surface area (Å²) in [7, 11) is 0. The number of hydrogen-bond donors (Lipinski definition) is 1. The van der Waals surface area contributed by atoms with Gasteiger partial charge in [-0.1, -0.05) is 6.92 Å². The molecule has 136 valence electrons. The number of nitriles is 1. The summed E-state index contributed by atoms with van der Waals surface area (Å²) in [5.74, 6) is 0. The van der Waals surface area contributed by atoms with E-state index in [1.807, 2.05) is 0 Å². The summed E-state index contributed by atoms with van der Waals surface area (Å²) in [5.41, 5.74) is -5.53. The van der Waals surface area contributed by atoms with Crippen LogP contribution in [0, 0.1) is 31.7 Å². The van der Waals surface area contributed by atoms with E-state index >= 15 is 0 Å². The molecule has 0 amide bonds. The van der Waals surface area contributed by atoms with E-state index in [9.17, 15) is 33.4 Å². The second-order valence-electron chi connectivity index (χ2n) is 4.84. The fourth-order valence-electron chi connectivity index (χ4n) is 2.38. The first-order chi connectivity index (χ1) is 11.6. The molecule has 0 aromatic heterocycles. The third-order valence-electron chi connectivity index (χ3n) is 3.31. The Morgan fingerprint density at radius 1 is 1.28 bits per heavy atom. The van der Waals surface area contributed by atoms with Gasteiger partial charge in [-0.05, 0) is 13.3 Å². The Morgan fingerprint density at radius 3 is 2.24 bits per heavy atom. The Kier molecular flexibility index (Phi) is 6.10. The van der Waals surface area contributed by atoms with E-state index < -0.39 is 44.3 Å². The Hall–Kier alpha value is -3.10. The van der Waals surface area contributed by atoms with Gasteiger partial charge >= 0.3 is 11.9 Å². The third-order valence-corrected chi connectivity index (χ3v) is 3.31. The van der Waals surface area contributed by atoms with Crippen molar-refractivity contribution in [1.29, 1.82) is 5.26 Å². The van der Waals surface area contributed by atoms with Gasteiger partial charge in [0.1, 0.15) is 5.69 Å². The largest absolute Gasteiger partial charge is 0.418 e. The lowest BCUT2D eigenvalue weighted by Crippen LogP contribution is -2.26. The number of halogens is 3. The van der Waals surface area contributed by atoms with Crippen molar-refractivity contribution in [2.24, 2.45) is 0 Å². The number of benzene rings is 1. The Labute approximate surface area is 139 Å². The van der Waals surface area contributed by atoms with Crippen LogP contribution in [0.4, 0.5) is 35.9 Å². The van der Waals surface area contributed by atoms with E-state index in [1.165, 1.54) is 11.1 Å².